The van der Waals surface area contributed by atoms with Gasteiger partial charge in [0.1, 0.15) is 0 Å². The van der Waals surface area contributed by atoms with Crippen molar-refractivity contribution in [1.29, 1.82) is 0 Å². The molecule has 2 aliphatic rings. The van der Waals surface area contributed by atoms with Gasteiger partial charge in [0.25, 0.3) is 0 Å². The molecule has 0 aromatic carbocycles. The predicted molar refractivity (Wildman–Crippen MR) is 112 cm³/mol. The van der Waals surface area contributed by atoms with Gasteiger partial charge in [-0.1, -0.05) is 93.9 Å². The van der Waals surface area contributed by atoms with Gasteiger partial charge in [-0.25, -0.2) is 0 Å². The van der Waals surface area contributed by atoms with Gasteiger partial charge in [-0.2, -0.15) is 0 Å². The summed E-state index contributed by atoms with van der Waals surface area (Å²) < 4.78 is 0. The van der Waals surface area contributed by atoms with Crippen molar-refractivity contribution in [2.75, 3.05) is 0 Å². The van der Waals surface area contributed by atoms with Crippen LogP contribution in [-0.2, 0) is 15.1 Å². The summed E-state index contributed by atoms with van der Waals surface area (Å²) in [5.41, 5.74) is 0.951. The number of hydrogen-bond acceptors (Lipinski definition) is 0. The molecule has 0 unspecified atom stereocenters. The van der Waals surface area contributed by atoms with Crippen LogP contribution >= 0.6 is 19.4 Å². The summed E-state index contributed by atoms with van der Waals surface area (Å²) in [6.07, 6.45) is 7.72. The molecule has 142 valence electrons. The van der Waals surface area contributed by atoms with Crippen molar-refractivity contribution in [3.8, 4) is 0 Å². The molecule has 0 saturated carbocycles. The smallest absolute Gasteiger partial charge is 1.00 e. The van der Waals surface area contributed by atoms with Crippen LogP contribution in [-0.4, -0.2) is 45.2 Å². The van der Waals surface area contributed by atoms with Crippen LogP contribution in [0.1, 0.15) is 98.2 Å². The second kappa shape index (κ2) is 13.7. The Bertz CT molecular complexity index is 308. The van der Waals surface area contributed by atoms with Crippen molar-refractivity contribution in [3.05, 3.63) is 10.6 Å². The van der Waals surface area contributed by atoms with Gasteiger partial charge < -0.3 is 14.9 Å². The number of rotatable bonds is 0. The van der Waals surface area contributed by atoms with E-state index in [-0.39, 0.29) is 68.3 Å². The molecule has 2 aliphatic heterocycles. The molecule has 0 aromatic rings. The van der Waals surface area contributed by atoms with E-state index in [1.807, 2.05) is 0 Å². The summed E-state index contributed by atoms with van der Waals surface area (Å²) in [5.74, 6) is 0. The zero-order chi connectivity index (χ0) is 18.4. The molecule has 2 saturated heterocycles. The Morgan fingerprint density at radius 1 is 0.640 bits per heavy atom. The monoisotopic (exact) mass is 448 g/mol. The number of hydrogen-bond donors (Lipinski definition) is 0. The van der Waals surface area contributed by atoms with Crippen molar-refractivity contribution >= 4 is 42.4 Å². The molecule has 0 bridgehead atoms. The zero-order valence-corrected chi connectivity index (χ0v) is 24.2. The third-order valence-corrected chi connectivity index (χ3v) is 4.36. The normalized spacial score (nSPS) is 24.4. The second-order valence-electron chi connectivity index (χ2n) is 9.28. The van der Waals surface area contributed by atoms with E-state index in [0.29, 0.717) is 0 Å². The van der Waals surface area contributed by atoms with E-state index in [0.717, 1.165) is 0 Å². The van der Waals surface area contributed by atoms with Crippen LogP contribution in [0, 0.1) is 0 Å². The average molecular weight is 451 g/mol. The maximum Gasteiger partial charge on any atom is 2.00 e. The van der Waals surface area contributed by atoms with Gasteiger partial charge in [0.05, 0.1) is 0 Å². The van der Waals surface area contributed by atoms with Crippen LogP contribution in [0.5, 0.6) is 0 Å². The molecule has 0 aliphatic carbocycles. The third-order valence-electron chi connectivity index (χ3n) is 4.36. The molecule has 2 nitrogen and oxygen atoms in total. The van der Waals surface area contributed by atoms with E-state index in [1.54, 1.807) is 0 Å². The minimum atomic E-state index is -0.931. The van der Waals surface area contributed by atoms with Crippen molar-refractivity contribution in [1.82, 2.24) is 0 Å². The van der Waals surface area contributed by atoms with Crippen molar-refractivity contribution < 1.29 is 38.3 Å². The SMILES string of the molecule is CC1(C)CCCC(C)(C)[N-]1.CC1(C)CCCC(C)(C)[N-]1.[Cl][Zn][Cl].[H-].[H-].[H-].[Li+].[Mg+2]. The molecule has 25 heavy (non-hydrogen) atoms. The zero-order valence-electron chi connectivity index (χ0n) is 21.3. The Morgan fingerprint density at radius 2 is 0.800 bits per heavy atom. The summed E-state index contributed by atoms with van der Waals surface area (Å²) in [4.78, 5) is 0. The fourth-order valence-electron chi connectivity index (χ4n) is 3.77. The van der Waals surface area contributed by atoms with E-state index in [9.17, 15) is 0 Å². The number of halogens is 2. The summed E-state index contributed by atoms with van der Waals surface area (Å²) in [5, 5.41) is 9.49. The predicted octanol–water partition coefficient (Wildman–Crippen LogP) is 4.54. The molecular formula is C18H39Cl2LiMgN2Zn-2. The van der Waals surface area contributed by atoms with Crippen molar-refractivity contribution in [3.63, 3.8) is 0 Å². The fraction of sp³-hybridized carbons (Fsp3) is 1.00. The molecule has 2 rings (SSSR count). The van der Waals surface area contributed by atoms with Gasteiger partial charge in [-0.15, -0.1) is 22.2 Å². The first-order valence-electron chi connectivity index (χ1n) is 8.84. The Kier molecular flexibility index (Phi) is 17.6. The van der Waals surface area contributed by atoms with Crippen LogP contribution in [0.25, 0.3) is 10.6 Å². The van der Waals surface area contributed by atoms with E-state index < -0.39 is 15.1 Å². The molecular weight excluding hydrogens is 412 g/mol. The third kappa shape index (κ3) is 17.1. The Hall–Kier alpha value is 2.49. The molecule has 2 heterocycles. The molecule has 0 aromatic heterocycles. The summed E-state index contributed by atoms with van der Waals surface area (Å²) in [7, 11) is 9.90. The van der Waals surface area contributed by atoms with Gasteiger partial charge in [-0.05, 0) is 0 Å². The first kappa shape index (κ1) is 32.2. The molecule has 2 fully saturated rings. The molecule has 0 spiro atoms. The van der Waals surface area contributed by atoms with Crippen LogP contribution in [0.3, 0.4) is 0 Å². The topological polar surface area (TPSA) is 28.2 Å². The Labute approximate surface area is 205 Å². The average Bonchev–Trinajstić information content (AvgIpc) is 2.23. The minimum absolute atomic E-state index is 0. The van der Waals surface area contributed by atoms with E-state index in [2.05, 4.69) is 55.4 Å². The molecule has 0 atom stereocenters. The van der Waals surface area contributed by atoms with Gasteiger partial charge >= 0.3 is 76.4 Å². The van der Waals surface area contributed by atoms with Gasteiger partial charge in [0, 0.05) is 0 Å². The Balaban J connectivity index is -0.0000000655. The van der Waals surface area contributed by atoms with Crippen LogP contribution in [0.15, 0.2) is 0 Å². The van der Waals surface area contributed by atoms with Gasteiger partial charge in [-0.3, -0.25) is 0 Å². The van der Waals surface area contributed by atoms with E-state index in [1.165, 1.54) is 38.5 Å². The maximum atomic E-state index is 4.95. The van der Waals surface area contributed by atoms with Gasteiger partial charge in [0.15, 0.2) is 0 Å². The molecule has 0 N–H and O–H groups in total. The molecule has 7 heteroatoms. The van der Waals surface area contributed by atoms with Gasteiger partial charge in [0.2, 0.25) is 0 Å². The standard InChI is InChI=1S/2C9H18N.2ClH.Li.Mg.Zn.3H/c2*1-8(2)6-5-7-9(3,4)10-8;;;;;;;;/h2*5-7H2,1-4H3;2*1H;;;;;;/q2*-1;;;+1;2*+2;3*-1/p-2. The van der Waals surface area contributed by atoms with E-state index in [4.69, 9.17) is 30.0 Å². The maximum absolute atomic E-state index is 4.95. The van der Waals surface area contributed by atoms with Crippen molar-refractivity contribution in [2.45, 2.75) is 116 Å². The quantitative estimate of drug-likeness (QED) is 0.485. The van der Waals surface area contributed by atoms with Crippen LogP contribution in [0.4, 0.5) is 0 Å². The van der Waals surface area contributed by atoms with Crippen LogP contribution < -0.4 is 18.9 Å². The first-order chi connectivity index (χ1) is 10.2. The largest absolute Gasteiger partial charge is 2.00 e. The first-order valence-corrected chi connectivity index (χ1v) is 16.6. The minimum Gasteiger partial charge on any atom is -1.00 e. The number of nitrogens with zero attached hydrogens (tertiary/aromatic N) is 2. The molecule has 0 amide bonds. The van der Waals surface area contributed by atoms with Crippen LogP contribution in [0.2, 0.25) is 0 Å². The summed E-state index contributed by atoms with van der Waals surface area (Å²) in [6, 6.07) is 0. The molecule has 0 radical (unpaired) electrons. The summed E-state index contributed by atoms with van der Waals surface area (Å²) in [6.45, 7) is 17.8. The second-order valence-corrected chi connectivity index (χ2v) is 13.9. The fourth-order valence-corrected chi connectivity index (χ4v) is 3.77. The number of piperidine rings is 2. The summed E-state index contributed by atoms with van der Waals surface area (Å²) >= 11 is -0.931. The Morgan fingerprint density at radius 3 is 0.880 bits per heavy atom. The van der Waals surface area contributed by atoms with Crippen molar-refractivity contribution in [2.24, 2.45) is 0 Å². The van der Waals surface area contributed by atoms with E-state index >= 15 is 0 Å².